The number of nitrogens with zero attached hydrogens (tertiary/aromatic N) is 2. The first kappa shape index (κ1) is 18.2. The van der Waals surface area contributed by atoms with Crippen LogP contribution in [0.25, 0.3) is 0 Å². The van der Waals surface area contributed by atoms with Crippen molar-refractivity contribution in [2.45, 2.75) is 51.5 Å². The molecule has 26 heavy (non-hydrogen) atoms. The van der Waals surface area contributed by atoms with Crippen LogP contribution in [0, 0.1) is 6.92 Å². The van der Waals surface area contributed by atoms with Crippen LogP contribution in [0.1, 0.15) is 54.7 Å². The number of anilines is 2. The second-order valence-electron chi connectivity index (χ2n) is 6.74. The number of amides is 1. The van der Waals surface area contributed by atoms with E-state index in [0.29, 0.717) is 29.1 Å². The van der Waals surface area contributed by atoms with Crippen LogP contribution in [0.15, 0.2) is 30.3 Å². The summed E-state index contributed by atoms with van der Waals surface area (Å²) in [6.45, 7) is 1.88. The molecule has 1 aliphatic carbocycles. The van der Waals surface area contributed by atoms with Crippen LogP contribution >= 0.6 is 0 Å². The Kier molecular flexibility index (Phi) is 6.04. The first-order chi connectivity index (χ1) is 12.6. The number of aryl methyl sites for hydroxylation is 1. The van der Waals surface area contributed by atoms with Gasteiger partial charge >= 0.3 is 0 Å². The number of hydrogen-bond acceptors (Lipinski definition) is 5. The number of benzene rings is 1. The maximum absolute atomic E-state index is 12.6. The predicted octanol–water partition coefficient (Wildman–Crippen LogP) is 4.18. The van der Waals surface area contributed by atoms with Crippen molar-refractivity contribution in [2.75, 3.05) is 17.7 Å². The van der Waals surface area contributed by atoms with E-state index in [1.165, 1.54) is 25.7 Å². The Morgan fingerprint density at radius 1 is 1.12 bits per heavy atom. The van der Waals surface area contributed by atoms with Crippen molar-refractivity contribution < 1.29 is 9.53 Å². The number of methoxy groups -OCH3 is 1. The maximum atomic E-state index is 12.6. The molecular formula is C20H26N4O2. The summed E-state index contributed by atoms with van der Waals surface area (Å²) < 4.78 is 5.19. The van der Waals surface area contributed by atoms with Gasteiger partial charge in [0.2, 0.25) is 5.95 Å². The lowest BCUT2D eigenvalue weighted by molar-refractivity contribution is 0.102. The van der Waals surface area contributed by atoms with Crippen molar-refractivity contribution in [2.24, 2.45) is 0 Å². The van der Waals surface area contributed by atoms with Gasteiger partial charge in [0.25, 0.3) is 5.91 Å². The van der Waals surface area contributed by atoms with Crippen LogP contribution < -0.4 is 15.4 Å². The molecule has 1 amide bonds. The van der Waals surface area contributed by atoms with Gasteiger partial charge in [0.05, 0.1) is 7.11 Å². The Balaban J connectivity index is 1.72. The molecule has 3 rings (SSSR count). The van der Waals surface area contributed by atoms with E-state index in [9.17, 15) is 4.79 Å². The highest BCUT2D eigenvalue weighted by Gasteiger charge is 2.16. The summed E-state index contributed by atoms with van der Waals surface area (Å²) in [7, 11) is 1.60. The van der Waals surface area contributed by atoms with Gasteiger partial charge in [0, 0.05) is 23.5 Å². The van der Waals surface area contributed by atoms with E-state index in [1.54, 1.807) is 19.2 Å². The van der Waals surface area contributed by atoms with Gasteiger partial charge in [-0.15, -0.1) is 0 Å². The van der Waals surface area contributed by atoms with E-state index in [-0.39, 0.29) is 5.91 Å². The van der Waals surface area contributed by atoms with Gasteiger partial charge in [-0.05, 0) is 38.0 Å². The normalized spacial score (nSPS) is 15.2. The van der Waals surface area contributed by atoms with Crippen LogP contribution in [0.2, 0.25) is 0 Å². The number of hydrogen-bond donors (Lipinski definition) is 2. The van der Waals surface area contributed by atoms with Crippen LogP contribution in [0.3, 0.4) is 0 Å². The minimum Gasteiger partial charge on any atom is -0.497 e. The van der Waals surface area contributed by atoms with Crippen molar-refractivity contribution in [3.63, 3.8) is 0 Å². The van der Waals surface area contributed by atoms with Crippen LogP contribution in [-0.2, 0) is 0 Å². The Hall–Kier alpha value is -2.63. The summed E-state index contributed by atoms with van der Waals surface area (Å²) >= 11 is 0. The average Bonchev–Trinajstić information content (AvgIpc) is 2.90. The van der Waals surface area contributed by atoms with Gasteiger partial charge in [-0.2, -0.15) is 0 Å². The van der Waals surface area contributed by atoms with Crippen molar-refractivity contribution in [3.05, 3.63) is 41.7 Å². The van der Waals surface area contributed by atoms with Gasteiger partial charge in [-0.25, -0.2) is 9.97 Å². The highest BCUT2D eigenvalue weighted by atomic mass is 16.5. The van der Waals surface area contributed by atoms with Gasteiger partial charge in [0.1, 0.15) is 11.4 Å². The molecule has 1 aliphatic rings. The number of carbonyl (C=O) groups excluding carboxylic acids is 1. The van der Waals surface area contributed by atoms with Crippen molar-refractivity contribution in [3.8, 4) is 5.75 Å². The lowest BCUT2D eigenvalue weighted by Crippen LogP contribution is -2.22. The monoisotopic (exact) mass is 354 g/mol. The number of ether oxygens (including phenoxy) is 1. The molecule has 0 spiro atoms. The minimum absolute atomic E-state index is 0.257. The molecular weight excluding hydrogens is 328 g/mol. The SMILES string of the molecule is COc1cccc(NC(=O)c2cc(C)nc(NC3CCCCCC3)n2)c1. The third-order valence-electron chi connectivity index (χ3n) is 4.60. The molecule has 1 fully saturated rings. The molecule has 0 unspecified atom stereocenters. The van der Waals surface area contributed by atoms with Gasteiger partial charge < -0.3 is 15.4 Å². The summed E-state index contributed by atoms with van der Waals surface area (Å²) in [6, 6.07) is 9.34. The molecule has 1 aromatic carbocycles. The smallest absolute Gasteiger partial charge is 0.274 e. The molecule has 6 nitrogen and oxygen atoms in total. The zero-order chi connectivity index (χ0) is 18.4. The standard InChI is InChI=1S/C20H26N4O2/c1-14-12-18(19(25)22-16-10-7-11-17(13-16)26-2)24-20(21-14)23-15-8-5-3-4-6-9-15/h7,10-13,15H,3-6,8-9H2,1-2H3,(H,22,25)(H,21,23,24). The summed E-state index contributed by atoms with van der Waals surface area (Å²) in [6.07, 6.45) is 7.30. The third kappa shape index (κ3) is 4.94. The van der Waals surface area contributed by atoms with Crippen LogP contribution in [0.5, 0.6) is 5.75 Å². The summed E-state index contributed by atoms with van der Waals surface area (Å²) in [5.74, 6) is 0.970. The first-order valence-corrected chi connectivity index (χ1v) is 9.21. The van der Waals surface area contributed by atoms with E-state index in [1.807, 2.05) is 25.1 Å². The van der Waals surface area contributed by atoms with E-state index >= 15 is 0 Å². The average molecular weight is 354 g/mol. The maximum Gasteiger partial charge on any atom is 0.274 e. The quantitative estimate of drug-likeness (QED) is 0.788. The topological polar surface area (TPSA) is 76.1 Å². The third-order valence-corrected chi connectivity index (χ3v) is 4.60. The van der Waals surface area contributed by atoms with Gasteiger partial charge in [-0.1, -0.05) is 31.7 Å². The molecule has 0 aliphatic heterocycles. The Morgan fingerprint density at radius 3 is 2.62 bits per heavy atom. The molecule has 0 bridgehead atoms. The Morgan fingerprint density at radius 2 is 1.88 bits per heavy atom. The summed E-state index contributed by atoms with van der Waals surface area (Å²) in [5, 5.41) is 6.28. The molecule has 1 saturated carbocycles. The Labute approximate surface area is 154 Å². The number of carbonyl (C=O) groups is 1. The minimum atomic E-state index is -0.257. The molecule has 138 valence electrons. The number of nitrogens with one attached hydrogen (secondary N) is 2. The number of aromatic nitrogens is 2. The molecule has 1 heterocycles. The van der Waals surface area contributed by atoms with E-state index in [4.69, 9.17) is 4.74 Å². The zero-order valence-corrected chi connectivity index (χ0v) is 15.4. The van der Waals surface area contributed by atoms with E-state index < -0.39 is 0 Å². The molecule has 1 aromatic heterocycles. The highest BCUT2D eigenvalue weighted by molar-refractivity contribution is 6.03. The zero-order valence-electron chi connectivity index (χ0n) is 15.4. The number of rotatable bonds is 5. The molecule has 0 atom stereocenters. The molecule has 6 heteroatoms. The molecule has 0 saturated heterocycles. The largest absolute Gasteiger partial charge is 0.497 e. The molecule has 2 N–H and O–H groups in total. The second-order valence-corrected chi connectivity index (χ2v) is 6.74. The fraction of sp³-hybridized carbons (Fsp3) is 0.450. The predicted molar refractivity (Wildman–Crippen MR) is 103 cm³/mol. The van der Waals surface area contributed by atoms with Gasteiger partial charge in [-0.3, -0.25) is 4.79 Å². The van der Waals surface area contributed by atoms with Crippen molar-refractivity contribution in [1.82, 2.24) is 9.97 Å². The Bertz CT molecular complexity index is 755. The molecule has 0 radical (unpaired) electrons. The lowest BCUT2D eigenvalue weighted by atomic mass is 10.1. The van der Waals surface area contributed by atoms with Crippen LogP contribution in [-0.4, -0.2) is 29.0 Å². The van der Waals surface area contributed by atoms with Crippen LogP contribution in [0.4, 0.5) is 11.6 Å². The fourth-order valence-corrected chi connectivity index (χ4v) is 3.25. The lowest BCUT2D eigenvalue weighted by Gasteiger charge is -2.17. The van der Waals surface area contributed by atoms with Gasteiger partial charge in [0.15, 0.2) is 0 Å². The van der Waals surface area contributed by atoms with Crippen molar-refractivity contribution >= 4 is 17.5 Å². The van der Waals surface area contributed by atoms with E-state index in [2.05, 4.69) is 20.6 Å². The second kappa shape index (κ2) is 8.65. The highest BCUT2D eigenvalue weighted by Crippen LogP contribution is 2.21. The fourth-order valence-electron chi connectivity index (χ4n) is 3.25. The summed E-state index contributed by atoms with van der Waals surface area (Å²) in [4.78, 5) is 21.5. The summed E-state index contributed by atoms with van der Waals surface area (Å²) in [5.41, 5.74) is 1.80. The first-order valence-electron chi connectivity index (χ1n) is 9.21. The van der Waals surface area contributed by atoms with E-state index in [0.717, 1.165) is 18.5 Å². The molecule has 2 aromatic rings. The van der Waals surface area contributed by atoms with Crippen molar-refractivity contribution in [1.29, 1.82) is 0 Å².